The summed E-state index contributed by atoms with van der Waals surface area (Å²) in [5.41, 5.74) is 3.23. The first kappa shape index (κ1) is 24.7. The molecule has 9 heteroatoms. The van der Waals surface area contributed by atoms with Gasteiger partial charge in [0.25, 0.3) is 0 Å². The summed E-state index contributed by atoms with van der Waals surface area (Å²) in [5, 5.41) is 9.58. The molecule has 180 valence electrons. The molecule has 0 bridgehead atoms. The minimum atomic E-state index is -3.60. The Morgan fingerprint density at radius 2 is 1.85 bits per heavy atom. The molecule has 0 aliphatic carbocycles. The molecule has 1 saturated heterocycles. The van der Waals surface area contributed by atoms with E-state index < -0.39 is 10.0 Å². The van der Waals surface area contributed by atoms with Crippen LogP contribution in [0.1, 0.15) is 30.9 Å². The average molecular weight is 499 g/mol. The summed E-state index contributed by atoms with van der Waals surface area (Å²) in [6, 6.07) is 15.5. The van der Waals surface area contributed by atoms with Crippen LogP contribution >= 0.6 is 11.8 Å². The molecule has 4 rings (SSSR count). The summed E-state index contributed by atoms with van der Waals surface area (Å²) < 4.78 is 35.0. The zero-order valence-electron chi connectivity index (χ0n) is 19.6. The van der Waals surface area contributed by atoms with Crippen LogP contribution in [0.4, 0.5) is 0 Å². The van der Waals surface area contributed by atoms with Crippen molar-refractivity contribution in [2.45, 2.75) is 42.1 Å². The maximum atomic E-state index is 13.1. The minimum Gasteiger partial charge on any atom is -0.379 e. The monoisotopic (exact) mass is 498 g/mol. The normalized spacial score (nSPS) is 15.0. The van der Waals surface area contributed by atoms with Crippen LogP contribution in [-0.4, -0.2) is 53.8 Å². The molecule has 0 amide bonds. The molecule has 2 aromatic carbocycles. The number of thioether (sulfide) groups is 1. The summed E-state index contributed by atoms with van der Waals surface area (Å²) in [7, 11) is -3.60. The van der Waals surface area contributed by atoms with Gasteiger partial charge < -0.3 is 4.74 Å². The van der Waals surface area contributed by atoms with Crippen molar-refractivity contribution in [2.75, 3.05) is 26.3 Å². The van der Waals surface area contributed by atoms with E-state index in [9.17, 15) is 8.42 Å². The van der Waals surface area contributed by atoms with Crippen molar-refractivity contribution in [3.05, 3.63) is 72.3 Å². The lowest BCUT2D eigenvalue weighted by atomic mass is 10.0. The number of ether oxygens (including phenoxy) is 1. The number of morpholine rings is 1. The third-order valence-corrected chi connectivity index (χ3v) is 8.68. The maximum Gasteiger partial charge on any atom is 0.243 e. The molecule has 0 saturated carbocycles. The van der Waals surface area contributed by atoms with E-state index >= 15 is 0 Å². The van der Waals surface area contributed by atoms with Gasteiger partial charge in [-0.2, -0.15) is 4.31 Å². The quantitative estimate of drug-likeness (QED) is 0.318. The molecule has 3 aromatic rings. The Morgan fingerprint density at radius 3 is 2.53 bits per heavy atom. The van der Waals surface area contributed by atoms with Crippen molar-refractivity contribution in [1.29, 1.82) is 0 Å². The zero-order chi connectivity index (χ0) is 24.1. The highest BCUT2D eigenvalue weighted by atomic mass is 32.2. The molecule has 2 heterocycles. The summed E-state index contributed by atoms with van der Waals surface area (Å²) in [5.74, 6) is 1.89. The van der Waals surface area contributed by atoms with Crippen LogP contribution in [0, 0.1) is 0 Å². The van der Waals surface area contributed by atoms with Crippen LogP contribution in [0.15, 0.2) is 71.2 Å². The lowest BCUT2D eigenvalue weighted by molar-refractivity contribution is 0.0730. The van der Waals surface area contributed by atoms with Gasteiger partial charge in [0.15, 0.2) is 11.0 Å². The largest absolute Gasteiger partial charge is 0.379 e. The van der Waals surface area contributed by atoms with Gasteiger partial charge in [-0.3, -0.25) is 4.57 Å². The average Bonchev–Trinajstić information content (AvgIpc) is 3.26. The Bertz CT molecular complexity index is 1230. The number of hydrogen-bond donors (Lipinski definition) is 0. The Balaban J connectivity index is 1.58. The number of aromatic nitrogens is 3. The lowest BCUT2D eigenvalue weighted by Gasteiger charge is -2.26. The molecule has 1 aliphatic rings. The number of hydrogen-bond acceptors (Lipinski definition) is 6. The van der Waals surface area contributed by atoms with Crippen LogP contribution < -0.4 is 0 Å². The minimum absolute atomic E-state index is 0.250. The highest BCUT2D eigenvalue weighted by Crippen LogP contribution is 2.29. The van der Waals surface area contributed by atoms with E-state index in [1.807, 2.05) is 10.6 Å². The first-order valence-electron chi connectivity index (χ1n) is 11.3. The molecule has 0 radical (unpaired) electrons. The van der Waals surface area contributed by atoms with Crippen molar-refractivity contribution >= 4 is 21.8 Å². The predicted octanol–water partition coefficient (Wildman–Crippen LogP) is 4.57. The first-order valence-corrected chi connectivity index (χ1v) is 13.8. The number of allylic oxidation sites excluding steroid dienone is 1. The van der Waals surface area contributed by atoms with Crippen molar-refractivity contribution < 1.29 is 13.2 Å². The molecular formula is C25H30N4O3S2. The summed E-state index contributed by atoms with van der Waals surface area (Å²) in [6.07, 6.45) is 1.79. The van der Waals surface area contributed by atoms with Gasteiger partial charge in [-0.25, -0.2) is 8.42 Å². The highest BCUT2D eigenvalue weighted by Gasteiger charge is 2.27. The maximum absolute atomic E-state index is 13.1. The summed E-state index contributed by atoms with van der Waals surface area (Å²) in [6.45, 7) is 10.3. The number of rotatable bonds is 9. The fourth-order valence-corrected chi connectivity index (χ4v) is 6.14. The van der Waals surface area contributed by atoms with E-state index in [0.29, 0.717) is 50.2 Å². The molecule has 7 nitrogen and oxygen atoms in total. The fourth-order valence-electron chi connectivity index (χ4n) is 3.78. The summed E-state index contributed by atoms with van der Waals surface area (Å²) >= 11 is 1.60. The lowest BCUT2D eigenvalue weighted by Crippen LogP contribution is -2.40. The van der Waals surface area contributed by atoms with Gasteiger partial charge in [0, 0.05) is 31.0 Å². The van der Waals surface area contributed by atoms with Crippen LogP contribution in [-0.2, 0) is 27.1 Å². The van der Waals surface area contributed by atoms with E-state index in [0.717, 1.165) is 10.9 Å². The summed E-state index contributed by atoms with van der Waals surface area (Å²) in [4.78, 5) is 0.250. The van der Waals surface area contributed by atoms with Crippen LogP contribution in [0.5, 0.6) is 0 Å². The van der Waals surface area contributed by atoms with Crippen molar-refractivity contribution in [2.24, 2.45) is 0 Å². The second-order valence-corrected chi connectivity index (χ2v) is 11.3. The van der Waals surface area contributed by atoms with Crippen LogP contribution in [0.25, 0.3) is 11.4 Å². The Labute approximate surface area is 205 Å². The molecule has 1 aromatic heterocycles. The van der Waals surface area contributed by atoms with Crippen molar-refractivity contribution in [3.63, 3.8) is 0 Å². The van der Waals surface area contributed by atoms with E-state index in [2.05, 4.69) is 54.9 Å². The number of benzene rings is 2. The Hall–Kier alpha value is -2.46. The van der Waals surface area contributed by atoms with E-state index in [1.54, 1.807) is 36.0 Å². The molecule has 1 aliphatic heterocycles. The third-order valence-electron chi connectivity index (χ3n) is 5.74. The second-order valence-electron chi connectivity index (χ2n) is 8.43. The van der Waals surface area contributed by atoms with Gasteiger partial charge in [0.05, 0.1) is 18.1 Å². The van der Waals surface area contributed by atoms with Crippen LogP contribution in [0.3, 0.4) is 0 Å². The molecule has 34 heavy (non-hydrogen) atoms. The smallest absolute Gasteiger partial charge is 0.243 e. The molecule has 0 spiro atoms. The zero-order valence-corrected chi connectivity index (χ0v) is 21.2. The van der Waals surface area contributed by atoms with Gasteiger partial charge in [-0.05, 0) is 29.2 Å². The predicted molar refractivity (Wildman–Crippen MR) is 135 cm³/mol. The SMILES string of the molecule is C=CCn1c(SCc2ccc(C(C)C)cc2)nnc1-c1cccc(S(=O)(=O)N2CCOCC2)c1. The van der Waals surface area contributed by atoms with Crippen LogP contribution in [0.2, 0.25) is 0 Å². The molecule has 0 unspecified atom stereocenters. The van der Waals surface area contributed by atoms with Gasteiger partial charge in [-0.1, -0.05) is 68.1 Å². The standard InChI is InChI=1S/C25H30N4O3S2/c1-4-12-29-24(26-27-25(29)33-18-20-8-10-21(11-9-20)19(2)3)22-6-5-7-23(17-22)34(30,31)28-13-15-32-16-14-28/h4-11,17,19H,1,12-16,18H2,2-3H3. The van der Waals surface area contributed by atoms with Gasteiger partial charge in [0.1, 0.15) is 0 Å². The van der Waals surface area contributed by atoms with Gasteiger partial charge in [0.2, 0.25) is 10.0 Å². The Kier molecular flexibility index (Phi) is 7.88. The van der Waals surface area contributed by atoms with Gasteiger partial charge >= 0.3 is 0 Å². The number of nitrogens with zero attached hydrogens (tertiary/aromatic N) is 4. The van der Waals surface area contributed by atoms with Crippen molar-refractivity contribution in [3.8, 4) is 11.4 Å². The second kappa shape index (κ2) is 10.9. The molecule has 1 fully saturated rings. The molecular weight excluding hydrogens is 468 g/mol. The third kappa shape index (κ3) is 5.43. The van der Waals surface area contributed by atoms with E-state index in [1.165, 1.54) is 15.4 Å². The van der Waals surface area contributed by atoms with E-state index in [-0.39, 0.29) is 4.90 Å². The first-order chi connectivity index (χ1) is 16.4. The number of sulfonamides is 1. The van der Waals surface area contributed by atoms with Gasteiger partial charge in [-0.15, -0.1) is 16.8 Å². The highest BCUT2D eigenvalue weighted by molar-refractivity contribution is 7.98. The molecule has 0 atom stereocenters. The van der Waals surface area contributed by atoms with E-state index in [4.69, 9.17) is 4.74 Å². The van der Waals surface area contributed by atoms with Crippen molar-refractivity contribution in [1.82, 2.24) is 19.1 Å². The topological polar surface area (TPSA) is 77.3 Å². The molecule has 0 N–H and O–H groups in total. The Morgan fingerprint density at radius 1 is 1.12 bits per heavy atom. The fraction of sp³-hybridized carbons (Fsp3) is 0.360.